The Balaban J connectivity index is 1.34. The second-order valence-corrected chi connectivity index (χ2v) is 7.39. The van der Waals surface area contributed by atoms with Gasteiger partial charge in [-0.05, 0) is 49.1 Å². The maximum atomic E-state index is 12.7. The first kappa shape index (κ1) is 18.6. The zero-order valence-electron chi connectivity index (χ0n) is 15.4. The third-order valence-electron chi connectivity index (χ3n) is 5.02. The van der Waals surface area contributed by atoms with Crippen molar-refractivity contribution >= 4 is 17.5 Å². The molecule has 1 unspecified atom stereocenters. The highest BCUT2D eigenvalue weighted by Crippen LogP contribution is 2.23. The molecule has 1 aliphatic heterocycles. The lowest BCUT2D eigenvalue weighted by Crippen LogP contribution is -2.36. The summed E-state index contributed by atoms with van der Waals surface area (Å²) in [6, 6.07) is 13.2. The van der Waals surface area contributed by atoms with E-state index < -0.39 is 0 Å². The lowest BCUT2D eigenvalue weighted by Gasteiger charge is -2.24. The number of carbonyl (C=O) groups is 1. The lowest BCUT2D eigenvalue weighted by atomic mass is 10.1. The number of halogens is 1. The number of carbonyl (C=O) groups excluding carboxylic acids is 1. The van der Waals surface area contributed by atoms with Crippen LogP contribution in [-0.2, 0) is 17.6 Å². The van der Waals surface area contributed by atoms with Crippen LogP contribution in [0.1, 0.15) is 30.7 Å². The fourth-order valence-electron chi connectivity index (χ4n) is 3.59. The third kappa shape index (κ3) is 4.39. The van der Waals surface area contributed by atoms with Crippen LogP contribution in [0.25, 0.3) is 11.6 Å². The van der Waals surface area contributed by atoms with E-state index in [1.54, 1.807) is 6.20 Å². The molecule has 7 heteroatoms. The smallest absolute Gasteiger partial charge is 0.276 e. The summed E-state index contributed by atoms with van der Waals surface area (Å²) in [7, 11) is 0. The quantitative estimate of drug-likeness (QED) is 0.630. The first-order valence-corrected chi connectivity index (χ1v) is 9.85. The number of pyridine rings is 1. The lowest BCUT2D eigenvalue weighted by molar-refractivity contribution is -0.131. The fraction of sp³-hybridized carbons (Fsp3) is 0.333. The Hall–Kier alpha value is -2.73. The highest BCUT2D eigenvalue weighted by molar-refractivity contribution is 6.30. The van der Waals surface area contributed by atoms with Crippen molar-refractivity contribution in [2.45, 2.75) is 38.1 Å². The van der Waals surface area contributed by atoms with E-state index in [9.17, 15) is 4.79 Å². The van der Waals surface area contributed by atoms with Gasteiger partial charge in [-0.3, -0.25) is 9.78 Å². The Kier molecular flexibility index (Phi) is 5.67. The first-order chi connectivity index (χ1) is 13.7. The number of amides is 1. The maximum absolute atomic E-state index is 12.7. The van der Waals surface area contributed by atoms with E-state index in [4.69, 9.17) is 16.1 Å². The number of aromatic nitrogens is 3. The normalized spacial score (nSPS) is 16.5. The fourth-order valence-corrected chi connectivity index (χ4v) is 3.71. The zero-order valence-corrected chi connectivity index (χ0v) is 16.2. The van der Waals surface area contributed by atoms with Crippen molar-refractivity contribution in [2.24, 2.45) is 0 Å². The van der Waals surface area contributed by atoms with Crippen LogP contribution in [-0.4, -0.2) is 38.5 Å². The summed E-state index contributed by atoms with van der Waals surface area (Å²) < 4.78 is 5.31. The van der Waals surface area contributed by atoms with Crippen LogP contribution in [0.4, 0.5) is 0 Å². The molecule has 1 amide bonds. The van der Waals surface area contributed by atoms with Gasteiger partial charge in [0.25, 0.3) is 5.89 Å². The molecule has 0 N–H and O–H groups in total. The number of hydrogen-bond donors (Lipinski definition) is 0. The Bertz CT molecular complexity index is 927. The Morgan fingerprint density at radius 2 is 2.07 bits per heavy atom. The van der Waals surface area contributed by atoms with Crippen LogP contribution in [0.3, 0.4) is 0 Å². The highest BCUT2D eigenvalue weighted by Gasteiger charge is 2.28. The minimum absolute atomic E-state index is 0.159. The molecular weight excluding hydrogens is 376 g/mol. The molecule has 0 radical (unpaired) electrons. The van der Waals surface area contributed by atoms with Gasteiger partial charge in [0, 0.05) is 30.2 Å². The van der Waals surface area contributed by atoms with Gasteiger partial charge in [0.1, 0.15) is 5.69 Å². The van der Waals surface area contributed by atoms with Gasteiger partial charge >= 0.3 is 0 Å². The molecule has 4 rings (SSSR count). The first-order valence-electron chi connectivity index (χ1n) is 9.47. The largest absolute Gasteiger partial charge is 0.339 e. The molecule has 1 aromatic carbocycles. The summed E-state index contributed by atoms with van der Waals surface area (Å²) in [6.45, 7) is 0.808. The van der Waals surface area contributed by atoms with Crippen molar-refractivity contribution in [3.8, 4) is 11.6 Å². The van der Waals surface area contributed by atoms with Crippen molar-refractivity contribution in [1.29, 1.82) is 0 Å². The zero-order chi connectivity index (χ0) is 19.3. The minimum Gasteiger partial charge on any atom is -0.339 e. The predicted octanol–water partition coefficient (Wildman–Crippen LogP) is 3.95. The molecule has 0 aliphatic carbocycles. The molecule has 1 fully saturated rings. The van der Waals surface area contributed by atoms with Gasteiger partial charge in [-0.1, -0.05) is 35.0 Å². The monoisotopic (exact) mass is 396 g/mol. The molecule has 144 valence electrons. The van der Waals surface area contributed by atoms with Crippen molar-refractivity contribution in [2.75, 3.05) is 6.54 Å². The predicted molar refractivity (Wildman–Crippen MR) is 106 cm³/mol. The second-order valence-electron chi connectivity index (χ2n) is 6.96. The van der Waals surface area contributed by atoms with Gasteiger partial charge < -0.3 is 9.42 Å². The van der Waals surface area contributed by atoms with Gasteiger partial charge in [0.05, 0.1) is 6.42 Å². The van der Waals surface area contributed by atoms with E-state index in [1.807, 2.05) is 47.4 Å². The van der Waals surface area contributed by atoms with Crippen LogP contribution in [0.2, 0.25) is 5.02 Å². The summed E-state index contributed by atoms with van der Waals surface area (Å²) in [4.78, 5) is 23.4. The molecule has 2 aromatic heterocycles. The molecule has 1 atom stereocenters. The maximum Gasteiger partial charge on any atom is 0.276 e. The van der Waals surface area contributed by atoms with E-state index in [-0.39, 0.29) is 11.9 Å². The average Bonchev–Trinajstić information content (AvgIpc) is 3.38. The second kappa shape index (κ2) is 8.52. The molecule has 0 saturated carbocycles. The van der Waals surface area contributed by atoms with E-state index in [2.05, 4.69) is 15.1 Å². The average molecular weight is 397 g/mol. The molecule has 6 nitrogen and oxygen atoms in total. The highest BCUT2D eigenvalue weighted by atomic mass is 35.5. The van der Waals surface area contributed by atoms with E-state index in [0.29, 0.717) is 35.3 Å². The summed E-state index contributed by atoms with van der Waals surface area (Å²) >= 11 is 5.92. The summed E-state index contributed by atoms with van der Waals surface area (Å²) in [5.74, 6) is 1.24. The Morgan fingerprint density at radius 1 is 1.21 bits per heavy atom. The van der Waals surface area contributed by atoms with Gasteiger partial charge in [-0.2, -0.15) is 4.98 Å². The van der Waals surface area contributed by atoms with Crippen molar-refractivity contribution < 1.29 is 9.32 Å². The molecule has 1 saturated heterocycles. The molecule has 0 bridgehead atoms. The molecule has 1 aliphatic rings. The van der Waals surface area contributed by atoms with E-state index in [1.165, 1.54) is 0 Å². The van der Waals surface area contributed by atoms with Crippen molar-refractivity contribution in [3.63, 3.8) is 0 Å². The summed E-state index contributed by atoms with van der Waals surface area (Å²) in [6.07, 6.45) is 5.64. The Morgan fingerprint density at radius 3 is 2.86 bits per heavy atom. The van der Waals surface area contributed by atoms with Crippen LogP contribution in [0.5, 0.6) is 0 Å². The SMILES string of the molecule is O=C(Cc1ccc(Cl)cc1)N1CCCC1CCc1noc(-c2ccccn2)n1. The summed E-state index contributed by atoms with van der Waals surface area (Å²) in [5, 5.41) is 4.74. The summed E-state index contributed by atoms with van der Waals surface area (Å²) in [5.41, 5.74) is 1.65. The van der Waals surface area contributed by atoms with Crippen LogP contribution < -0.4 is 0 Å². The standard InChI is InChI=1S/C21H21ClN4O2/c22-16-8-6-15(7-9-16)14-20(27)26-13-3-4-17(26)10-11-19-24-21(28-25-19)18-5-1-2-12-23-18/h1-2,5-9,12,17H,3-4,10-11,13-14H2. The topological polar surface area (TPSA) is 72.1 Å². The third-order valence-corrected chi connectivity index (χ3v) is 5.27. The van der Waals surface area contributed by atoms with Gasteiger partial charge in [-0.25, -0.2) is 0 Å². The molecule has 28 heavy (non-hydrogen) atoms. The minimum atomic E-state index is 0.159. The van der Waals surface area contributed by atoms with E-state index >= 15 is 0 Å². The molecule has 3 aromatic rings. The molecular formula is C21H21ClN4O2. The van der Waals surface area contributed by atoms with Gasteiger partial charge in [-0.15, -0.1) is 0 Å². The number of hydrogen-bond acceptors (Lipinski definition) is 5. The van der Waals surface area contributed by atoms with Gasteiger partial charge in [0.15, 0.2) is 5.82 Å². The Labute approximate surface area is 168 Å². The van der Waals surface area contributed by atoms with Crippen LogP contribution in [0, 0.1) is 0 Å². The number of rotatable bonds is 6. The number of nitrogens with zero attached hydrogens (tertiary/aromatic N) is 4. The van der Waals surface area contributed by atoms with Crippen LogP contribution >= 0.6 is 11.6 Å². The van der Waals surface area contributed by atoms with Gasteiger partial charge in [0.2, 0.25) is 5.91 Å². The molecule has 3 heterocycles. The van der Waals surface area contributed by atoms with Crippen molar-refractivity contribution in [3.05, 3.63) is 65.1 Å². The van der Waals surface area contributed by atoms with Crippen molar-refractivity contribution in [1.82, 2.24) is 20.0 Å². The van der Waals surface area contributed by atoms with Crippen LogP contribution in [0.15, 0.2) is 53.2 Å². The number of benzene rings is 1. The molecule has 0 spiro atoms. The number of likely N-dealkylation sites (tertiary alicyclic amines) is 1. The number of aryl methyl sites for hydroxylation is 1. The van der Waals surface area contributed by atoms with E-state index in [0.717, 1.165) is 31.4 Å².